The van der Waals surface area contributed by atoms with Crippen LogP contribution in [-0.4, -0.2) is 48.4 Å². The molecule has 1 heterocycles. The number of hydrogen-bond donors (Lipinski definition) is 3. The Balaban J connectivity index is 1.10. The molecule has 1 unspecified atom stereocenters. The second-order valence-electron chi connectivity index (χ2n) is 14.7. The number of nitrogens with zero attached hydrogens (tertiary/aromatic N) is 1. The molecule has 6 nitrogen and oxygen atoms in total. The van der Waals surface area contributed by atoms with Gasteiger partial charge in [-0.15, -0.1) is 0 Å². The van der Waals surface area contributed by atoms with E-state index in [2.05, 4.69) is 42.5 Å². The predicted octanol–water partition coefficient (Wildman–Crippen LogP) is 6.13. The van der Waals surface area contributed by atoms with E-state index in [0.717, 1.165) is 38.2 Å². The number of carbonyl (C=O) groups is 1. The number of carbonyl (C=O) groups excluding carboxylic acids is 1. The molecule has 5 rings (SSSR count). The highest BCUT2D eigenvalue weighted by atomic mass is 16.5. The fourth-order valence-corrected chi connectivity index (χ4v) is 10.4. The molecular weight excluding hydrogens is 510 g/mol. The van der Waals surface area contributed by atoms with Gasteiger partial charge in [0.2, 0.25) is 0 Å². The fraction of sp³-hybridized carbons (Fsp3) is 0.829. The summed E-state index contributed by atoms with van der Waals surface area (Å²) in [6.45, 7) is 10.5. The Hall–Kier alpha value is -1.50. The molecule has 6 heteroatoms. The highest BCUT2D eigenvalue weighted by Gasteiger charge is 2.62. The van der Waals surface area contributed by atoms with Crippen LogP contribution in [-0.2, 0) is 16.1 Å². The maximum Gasteiger partial charge on any atom is 0.305 e. The molecule has 4 saturated carbocycles. The minimum atomic E-state index is -0.157. The number of unbranched alkanes of at least 4 members (excludes halogenated alkanes) is 1. The third-order valence-electron chi connectivity index (χ3n) is 12.7. The van der Waals surface area contributed by atoms with Crippen LogP contribution in [0, 0.1) is 46.3 Å². The van der Waals surface area contributed by atoms with Gasteiger partial charge in [-0.05, 0) is 142 Å². The lowest BCUT2D eigenvalue weighted by Crippen LogP contribution is -2.59. The second-order valence-corrected chi connectivity index (χ2v) is 14.7. The Morgan fingerprint density at radius 1 is 1.07 bits per heavy atom. The van der Waals surface area contributed by atoms with Gasteiger partial charge in [-0.3, -0.25) is 9.78 Å². The summed E-state index contributed by atoms with van der Waals surface area (Å²) in [7, 11) is 1.49. The zero-order chi connectivity index (χ0) is 29.0. The van der Waals surface area contributed by atoms with E-state index in [1.54, 1.807) is 0 Å². The van der Waals surface area contributed by atoms with E-state index in [9.17, 15) is 9.90 Å². The highest BCUT2D eigenvalue weighted by molar-refractivity contribution is 5.69. The molecular formula is C35H57N3O3. The summed E-state index contributed by atoms with van der Waals surface area (Å²) in [4.78, 5) is 16.2. The lowest BCUT2D eigenvalue weighted by molar-refractivity contribution is -0.167. The number of hydrogen-bond acceptors (Lipinski definition) is 6. The van der Waals surface area contributed by atoms with Gasteiger partial charge in [0, 0.05) is 25.2 Å². The van der Waals surface area contributed by atoms with Crippen LogP contribution in [0.5, 0.6) is 0 Å². The smallest absolute Gasteiger partial charge is 0.305 e. The molecule has 1 aromatic heterocycles. The first kappa shape index (κ1) is 30.9. The van der Waals surface area contributed by atoms with E-state index in [0.29, 0.717) is 58.8 Å². The topological polar surface area (TPSA) is 83.5 Å². The average Bonchev–Trinajstić information content (AvgIpc) is 3.33. The number of methoxy groups -OCH3 is 1. The van der Waals surface area contributed by atoms with Gasteiger partial charge in [-0.25, -0.2) is 0 Å². The second kappa shape index (κ2) is 13.4. The molecule has 4 aliphatic rings. The number of esters is 1. The molecule has 41 heavy (non-hydrogen) atoms. The van der Waals surface area contributed by atoms with Crippen LogP contribution >= 0.6 is 0 Å². The van der Waals surface area contributed by atoms with Gasteiger partial charge >= 0.3 is 5.97 Å². The normalized spacial score (nSPS) is 38.9. The maximum absolute atomic E-state index is 11.8. The summed E-state index contributed by atoms with van der Waals surface area (Å²) >= 11 is 0. The molecule has 10 atom stereocenters. The molecule has 4 aliphatic carbocycles. The first-order valence-electron chi connectivity index (χ1n) is 16.8. The first-order valence-corrected chi connectivity index (χ1v) is 16.8. The van der Waals surface area contributed by atoms with Crippen molar-refractivity contribution in [1.82, 2.24) is 15.6 Å². The number of pyridine rings is 1. The van der Waals surface area contributed by atoms with Crippen molar-refractivity contribution in [3.8, 4) is 0 Å². The Morgan fingerprint density at radius 3 is 2.63 bits per heavy atom. The molecule has 4 fully saturated rings. The van der Waals surface area contributed by atoms with Crippen molar-refractivity contribution < 1.29 is 14.6 Å². The standard InChI is InChI=1S/C35H57N3O3/c1-24(10-13-32(40)41-4)28-11-12-29-33-30(15-17-35(28,29)3)34(2)16-14-26(21-25(34)22-31(33)39)37-20-8-7-18-36-23-27-9-5-6-19-38-27/h5-6,9,19,24-26,28-31,33,36-37,39H,7-8,10-18,20-23H2,1-4H3/t24-,25+,26?,28-,29+,30+,31-,33+,34+,35-/m1/s1. The fourth-order valence-electron chi connectivity index (χ4n) is 10.4. The minimum absolute atomic E-state index is 0.0827. The number of rotatable bonds is 12. The Labute approximate surface area is 249 Å². The summed E-state index contributed by atoms with van der Waals surface area (Å²) in [6.07, 6.45) is 15.4. The largest absolute Gasteiger partial charge is 0.469 e. The van der Waals surface area contributed by atoms with E-state index in [1.165, 1.54) is 64.9 Å². The molecule has 0 amide bonds. The zero-order valence-corrected chi connectivity index (χ0v) is 26.2. The minimum Gasteiger partial charge on any atom is -0.469 e. The van der Waals surface area contributed by atoms with Crippen LogP contribution in [0.15, 0.2) is 24.4 Å². The van der Waals surface area contributed by atoms with E-state index >= 15 is 0 Å². The summed E-state index contributed by atoms with van der Waals surface area (Å²) in [6, 6.07) is 6.67. The highest BCUT2D eigenvalue weighted by Crippen LogP contribution is 2.68. The van der Waals surface area contributed by atoms with E-state index < -0.39 is 0 Å². The monoisotopic (exact) mass is 567 g/mol. The molecule has 3 N–H and O–H groups in total. The SMILES string of the molecule is COC(=O)CC[C@@H](C)[C@H]1CC[C@H]2[C@@H]3[C@H](O)C[C@@H]4CC(NCCCCNCc5ccccn5)CC[C@]4(C)[C@H]3CC[C@]12C. The molecule has 0 spiro atoms. The maximum atomic E-state index is 11.8. The van der Waals surface area contributed by atoms with Crippen molar-refractivity contribution in [2.45, 2.75) is 117 Å². The summed E-state index contributed by atoms with van der Waals surface area (Å²) < 4.78 is 4.92. The van der Waals surface area contributed by atoms with Crippen LogP contribution < -0.4 is 10.6 Å². The Morgan fingerprint density at radius 2 is 1.85 bits per heavy atom. The number of fused-ring (bicyclic) bond motifs is 5. The van der Waals surface area contributed by atoms with Gasteiger partial charge in [-0.2, -0.15) is 0 Å². The molecule has 0 aliphatic heterocycles. The predicted molar refractivity (Wildman–Crippen MR) is 164 cm³/mol. The zero-order valence-electron chi connectivity index (χ0n) is 26.2. The number of ether oxygens (including phenoxy) is 1. The third kappa shape index (κ3) is 6.55. The number of aromatic nitrogens is 1. The van der Waals surface area contributed by atoms with Crippen molar-refractivity contribution in [1.29, 1.82) is 0 Å². The molecule has 230 valence electrons. The lowest BCUT2D eigenvalue weighted by Gasteiger charge is -2.62. The first-order chi connectivity index (χ1) is 19.8. The van der Waals surface area contributed by atoms with Crippen molar-refractivity contribution in [2.75, 3.05) is 20.2 Å². The van der Waals surface area contributed by atoms with Gasteiger partial charge in [0.05, 0.1) is 18.9 Å². The van der Waals surface area contributed by atoms with Gasteiger partial charge in [0.15, 0.2) is 0 Å². The molecule has 0 radical (unpaired) electrons. The van der Waals surface area contributed by atoms with E-state index in [-0.39, 0.29) is 12.1 Å². The molecule has 1 aromatic rings. The summed E-state index contributed by atoms with van der Waals surface area (Å²) in [5.41, 5.74) is 1.77. The van der Waals surface area contributed by atoms with Gasteiger partial charge in [-0.1, -0.05) is 26.8 Å². The summed E-state index contributed by atoms with van der Waals surface area (Å²) in [5.74, 6) is 3.47. The van der Waals surface area contributed by atoms with E-state index in [4.69, 9.17) is 4.74 Å². The van der Waals surface area contributed by atoms with Crippen LogP contribution in [0.3, 0.4) is 0 Å². The van der Waals surface area contributed by atoms with Crippen molar-refractivity contribution in [3.63, 3.8) is 0 Å². The van der Waals surface area contributed by atoms with Crippen molar-refractivity contribution in [3.05, 3.63) is 30.1 Å². The Kier molecular flexibility index (Phi) is 10.1. The van der Waals surface area contributed by atoms with Crippen LogP contribution in [0.4, 0.5) is 0 Å². The number of nitrogens with one attached hydrogen (secondary N) is 2. The molecule has 0 aromatic carbocycles. The molecule has 0 bridgehead atoms. The van der Waals surface area contributed by atoms with E-state index in [1.807, 2.05) is 18.3 Å². The van der Waals surface area contributed by atoms with Crippen molar-refractivity contribution in [2.24, 2.45) is 46.3 Å². The van der Waals surface area contributed by atoms with Gasteiger partial charge in [0.1, 0.15) is 0 Å². The van der Waals surface area contributed by atoms with Gasteiger partial charge in [0.25, 0.3) is 0 Å². The summed E-state index contributed by atoms with van der Waals surface area (Å²) in [5, 5.41) is 19.1. The number of aliphatic hydroxyl groups is 1. The quantitative estimate of drug-likeness (QED) is 0.208. The Bertz CT molecular complexity index is 990. The van der Waals surface area contributed by atoms with Crippen molar-refractivity contribution >= 4 is 5.97 Å². The molecule has 0 saturated heterocycles. The van der Waals surface area contributed by atoms with Crippen LogP contribution in [0.2, 0.25) is 0 Å². The average molecular weight is 568 g/mol. The number of aliphatic hydroxyl groups excluding tert-OH is 1. The third-order valence-corrected chi connectivity index (χ3v) is 12.7. The van der Waals surface area contributed by atoms with Crippen LogP contribution in [0.25, 0.3) is 0 Å². The van der Waals surface area contributed by atoms with Gasteiger partial charge < -0.3 is 20.5 Å². The lowest BCUT2D eigenvalue weighted by atomic mass is 9.43. The van der Waals surface area contributed by atoms with Crippen LogP contribution in [0.1, 0.15) is 104 Å².